The van der Waals surface area contributed by atoms with Crippen LogP contribution in [0.1, 0.15) is 45.1 Å². The van der Waals surface area contributed by atoms with Crippen LogP contribution in [0.2, 0.25) is 0 Å². The Hall–Kier alpha value is -0.970. The van der Waals surface area contributed by atoms with E-state index in [-0.39, 0.29) is 0 Å². The van der Waals surface area contributed by atoms with Crippen molar-refractivity contribution in [1.82, 2.24) is 9.97 Å². The Morgan fingerprint density at radius 3 is 2.79 bits per heavy atom. The van der Waals surface area contributed by atoms with E-state index in [1.807, 2.05) is 11.8 Å². The normalized spacial score (nSPS) is 18.8. The number of anilines is 2. The molecule has 2 rings (SSSR count). The van der Waals surface area contributed by atoms with Gasteiger partial charge in [0.1, 0.15) is 18.0 Å². The van der Waals surface area contributed by atoms with Gasteiger partial charge in [-0.2, -0.15) is 11.8 Å². The third kappa shape index (κ3) is 3.75. The number of aromatic nitrogens is 2. The summed E-state index contributed by atoms with van der Waals surface area (Å²) in [6.45, 7) is 7.52. The van der Waals surface area contributed by atoms with E-state index in [0.29, 0.717) is 12.0 Å². The van der Waals surface area contributed by atoms with Crippen molar-refractivity contribution in [1.29, 1.82) is 0 Å². The predicted molar refractivity (Wildman–Crippen MR) is 84.3 cm³/mol. The molecule has 1 aliphatic rings. The standard InChI is InChI=1S/C14H24N4S/c1-4-6-15-13-12(10(2)3)14(17-9-16-13)18-11-5-7-19-8-11/h9-11H,4-8H2,1-3H3,(H2,15,16,17,18). The topological polar surface area (TPSA) is 49.8 Å². The number of rotatable bonds is 6. The lowest BCUT2D eigenvalue weighted by molar-refractivity contribution is 0.785. The zero-order valence-corrected chi connectivity index (χ0v) is 12.9. The molecule has 0 aromatic carbocycles. The van der Waals surface area contributed by atoms with Crippen molar-refractivity contribution < 1.29 is 0 Å². The minimum Gasteiger partial charge on any atom is -0.370 e. The molecule has 2 N–H and O–H groups in total. The number of hydrogen-bond acceptors (Lipinski definition) is 5. The summed E-state index contributed by atoms with van der Waals surface area (Å²) in [5.74, 6) is 4.84. The van der Waals surface area contributed by atoms with E-state index in [4.69, 9.17) is 0 Å². The first-order chi connectivity index (χ1) is 9.22. The van der Waals surface area contributed by atoms with Crippen molar-refractivity contribution >= 4 is 23.4 Å². The summed E-state index contributed by atoms with van der Waals surface area (Å²) < 4.78 is 0. The van der Waals surface area contributed by atoms with Crippen molar-refractivity contribution in [2.75, 3.05) is 28.7 Å². The zero-order chi connectivity index (χ0) is 13.7. The molecule has 19 heavy (non-hydrogen) atoms. The van der Waals surface area contributed by atoms with Crippen LogP contribution in [-0.4, -0.2) is 34.1 Å². The van der Waals surface area contributed by atoms with E-state index in [0.717, 1.165) is 24.6 Å². The fourth-order valence-corrected chi connectivity index (χ4v) is 3.44. The SMILES string of the molecule is CCCNc1ncnc(NC2CCSC2)c1C(C)C. The highest BCUT2D eigenvalue weighted by molar-refractivity contribution is 7.99. The monoisotopic (exact) mass is 280 g/mol. The second kappa shape index (κ2) is 6.98. The Morgan fingerprint density at radius 1 is 1.37 bits per heavy atom. The van der Waals surface area contributed by atoms with Gasteiger partial charge in [-0.1, -0.05) is 20.8 Å². The Kier molecular flexibility index (Phi) is 5.31. The number of nitrogens with zero attached hydrogens (tertiary/aromatic N) is 2. The van der Waals surface area contributed by atoms with Gasteiger partial charge in [0.05, 0.1) is 0 Å². The summed E-state index contributed by atoms with van der Waals surface area (Å²) in [4.78, 5) is 8.87. The zero-order valence-electron chi connectivity index (χ0n) is 12.1. The van der Waals surface area contributed by atoms with Crippen molar-refractivity contribution in [2.45, 2.75) is 45.6 Å². The van der Waals surface area contributed by atoms with Gasteiger partial charge in [-0.05, 0) is 24.5 Å². The molecule has 5 heteroatoms. The third-order valence-electron chi connectivity index (χ3n) is 3.27. The lowest BCUT2D eigenvalue weighted by atomic mass is 10.0. The molecule has 1 aliphatic heterocycles. The molecule has 2 heterocycles. The summed E-state index contributed by atoms with van der Waals surface area (Å²) in [6.07, 6.45) is 3.99. The maximum Gasteiger partial charge on any atom is 0.135 e. The van der Waals surface area contributed by atoms with Gasteiger partial charge in [0, 0.05) is 23.9 Å². The van der Waals surface area contributed by atoms with Crippen LogP contribution in [0.25, 0.3) is 0 Å². The average molecular weight is 280 g/mol. The molecule has 0 bridgehead atoms. The van der Waals surface area contributed by atoms with Gasteiger partial charge in [-0.3, -0.25) is 0 Å². The van der Waals surface area contributed by atoms with Crippen LogP contribution in [0.15, 0.2) is 6.33 Å². The quantitative estimate of drug-likeness (QED) is 0.837. The largest absolute Gasteiger partial charge is 0.370 e. The van der Waals surface area contributed by atoms with Crippen LogP contribution >= 0.6 is 11.8 Å². The molecule has 0 radical (unpaired) electrons. The van der Waals surface area contributed by atoms with Gasteiger partial charge in [-0.15, -0.1) is 0 Å². The molecule has 0 saturated carbocycles. The maximum atomic E-state index is 4.46. The van der Waals surface area contributed by atoms with Crippen molar-refractivity contribution in [3.63, 3.8) is 0 Å². The first-order valence-corrected chi connectivity index (χ1v) is 8.30. The van der Waals surface area contributed by atoms with Crippen LogP contribution in [0.5, 0.6) is 0 Å². The van der Waals surface area contributed by atoms with Gasteiger partial charge in [0.15, 0.2) is 0 Å². The molecular formula is C14H24N4S. The fourth-order valence-electron chi connectivity index (χ4n) is 2.28. The minimum atomic E-state index is 0.414. The Bertz CT molecular complexity index is 402. The van der Waals surface area contributed by atoms with Gasteiger partial charge < -0.3 is 10.6 Å². The first-order valence-electron chi connectivity index (χ1n) is 7.15. The first kappa shape index (κ1) is 14.4. The van der Waals surface area contributed by atoms with Crippen LogP contribution in [-0.2, 0) is 0 Å². The molecule has 0 spiro atoms. The molecule has 1 fully saturated rings. The molecule has 4 nitrogen and oxygen atoms in total. The number of thioether (sulfide) groups is 1. The number of nitrogens with one attached hydrogen (secondary N) is 2. The maximum absolute atomic E-state index is 4.46. The van der Waals surface area contributed by atoms with E-state index < -0.39 is 0 Å². The fraction of sp³-hybridized carbons (Fsp3) is 0.714. The van der Waals surface area contributed by atoms with Crippen molar-refractivity contribution in [3.05, 3.63) is 11.9 Å². The predicted octanol–water partition coefficient (Wildman–Crippen LogP) is 3.34. The molecule has 1 atom stereocenters. The Balaban J connectivity index is 2.20. The Morgan fingerprint density at radius 2 is 2.16 bits per heavy atom. The molecule has 0 amide bonds. The Labute approximate surface area is 120 Å². The van der Waals surface area contributed by atoms with Gasteiger partial charge in [-0.25, -0.2) is 9.97 Å². The summed E-state index contributed by atoms with van der Waals surface area (Å²) in [7, 11) is 0. The second-order valence-corrected chi connectivity index (χ2v) is 6.42. The molecule has 1 aromatic heterocycles. The number of hydrogen-bond donors (Lipinski definition) is 2. The minimum absolute atomic E-state index is 0.414. The highest BCUT2D eigenvalue weighted by Gasteiger charge is 2.20. The van der Waals surface area contributed by atoms with E-state index in [1.165, 1.54) is 23.5 Å². The summed E-state index contributed by atoms with van der Waals surface area (Å²) >= 11 is 2.01. The van der Waals surface area contributed by atoms with Gasteiger partial charge >= 0.3 is 0 Å². The van der Waals surface area contributed by atoms with Crippen LogP contribution in [0, 0.1) is 0 Å². The highest BCUT2D eigenvalue weighted by Crippen LogP contribution is 2.30. The molecule has 1 unspecified atom stereocenters. The van der Waals surface area contributed by atoms with E-state index in [9.17, 15) is 0 Å². The molecule has 1 aromatic rings. The van der Waals surface area contributed by atoms with Crippen LogP contribution < -0.4 is 10.6 Å². The van der Waals surface area contributed by atoms with Gasteiger partial charge in [0.2, 0.25) is 0 Å². The molecular weight excluding hydrogens is 256 g/mol. The highest BCUT2D eigenvalue weighted by atomic mass is 32.2. The van der Waals surface area contributed by atoms with Gasteiger partial charge in [0.25, 0.3) is 0 Å². The summed E-state index contributed by atoms with van der Waals surface area (Å²) in [5.41, 5.74) is 1.22. The average Bonchev–Trinajstić information content (AvgIpc) is 2.89. The summed E-state index contributed by atoms with van der Waals surface area (Å²) in [5, 5.41) is 7.01. The third-order valence-corrected chi connectivity index (χ3v) is 4.44. The van der Waals surface area contributed by atoms with Crippen LogP contribution in [0.4, 0.5) is 11.6 Å². The van der Waals surface area contributed by atoms with E-state index in [2.05, 4.69) is 41.4 Å². The molecule has 106 valence electrons. The summed E-state index contributed by atoms with van der Waals surface area (Å²) in [6, 6.07) is 0.552. The lowest BCUT2D eigenvalue weighted by Gasteiger charge is -2.20. The molecule has 0 aliphatic carbocycles. The van der Waals surface area contributed by atoms with Crippen molar-refractivity contribution in [2.24, 2.45) is 0 Å². The van der Waals surface area contributed by atoms with Crippen LogP contribution in [0.3, 0.4) is 0 Å². The van der Waals surface area contributed by atoms with E-state index >= 15 is 0 Å². The molecule has 1 saturated heterocycles. The van der Waals surface area contributed by atoms with Crippen molar-refractivity contribution in [3.8, 4) is 0 Å². The lowest BCUT2D eigenvalue weighted by Crippen LogP contribution is -2.21. The smallest absolute Gasteiger partial charge is 0.135 e. The second-order valence-electron chi connectivity index (χ2n) is 5.27. The van der Waals surface area contributed by atoms with E-state index in [1.54, 1.807) is 6.33 Å².